The maximum atomic E-state index is 12.2. The zero-order valence-electron chi connectivity index (χ0n) is 11.3. The predicted octanol–water partition coefficient (Wildman–Crippen LogP) is 3.20. The van der Waals surface area contributed by atoms with Crippen LogP contribution in [-0.2, 0) is 9.84 Å². The molecule has 0 aliphatic carbocycles. The van der Waals surface area contributed by atoms with Crippen molar-refractivity contribution < 1.29 is 8.42 Å². The first-order chi connectivity index (χ1) is 9.58. The van der Waals surface area contributed by atoms with Gasteiger partial charge in [0, 0.05) is 6.20 Å². The molecule has 1 aromatic heterocycles. The van der Waals surface area contributed by atoms with Gasteiger partial charge in [0.15, 0.2) is 14.9 Å². The molecule has 2 rings (SSSR count). The highest BCUT2D eigenvalue weighted by Gasteiger charge is 2.17. The third-order valence-corrected chi connectivity index (χ3v) is 4.70. The molecule has 0 N–H and O–H groups in total. The molecule has 1 aromatic carbocycles. The van der Waals surface area contributed by atoms with Crippen molar-refractivity contribution in [1.82, 2.24) is 4.98 Å². The van der Waals surface area contributed by atoms with Gasteiger partial charge in [-0.05, 0) is 23.6 Å². The van der Waals surface area contributed by atoms with Gasteiger partial charge in [-0.25, -0.2) is 13.4 Å². The SMILES string of the molecule is C[C@@H](/C=C/c1ccccc1)CS(=O)(=O)c1ccccn1. The molecule has 1 heterocycles. The molecule has 0 fully saturated rings. The van der Waals surface area contributed by atoms with Crippen molar-refractivity contribution in [2.75, 3.05) is 5.75 Å². The molecule has 20 heavy (non-hydrogen) atoms. The summed E-state index contributed by atoms with van der Waals surface area (Å²) in [5.41, 5.74) is 1.06. The van der Waals surface area contributed by atoms with Gasteiger partial charge in [-0.3, -0.25) is 0 Å². The van der Waals surface area contributed by atoms with Crippen molar-refractivity contribution in [3.63, 3.8) is 0 Å². The van der Waals surface area contributed by atoms with Crippen molar-refractivity contribution in [3.05, 3.63) is 66.4 Å². The quantitative estimate of drug-likeness (QED) is 0.848. The molecule has 0 aliphatic rings. The van der Waals surface area contributed by atoms with Crippen LogP contribution in [0.3, 0.4) is 0 Å². The summed E-state index contributed by atoms with van der Waals surface area (Å²) in [6, 6.07) is 14.7. The monoisotopic (exact) mass is 287 g/mol. The van der Waals surface area contributed by atoms with E-state index in [1.54, 1.807) is 12.1 Å². The lowest BCUT2D eigenvalue weighted by Gasteiger charge is -2.07. The van der Waals surface area contributed by atoms with Gasteiger partial charge in [-0.2, -0.15) is 0 Å². The van der Waals surface area contributed by atoms with Gasteiger partial charge in [0.25, 0.3) is 0 Å². The Morgan fingerprint density at radius 2 is 1.80 bits per heavy atom. The summed E-state index contributed by atoms with van der Waals surface area (Å²) < 4.78 is 24.3. The fourth-order valence-electron chi connectivity index (χ4n) is 1.86. The minimum Gasteiger partial charge on any atom is -0.245 e. The predicted molar refractivity (Wildman–Crippen MR) is 80.9 cm³/mol. The number of benzene rings is 1. The van der Waals surface area contributed by atoms with E-state index in [1.807, 2.05) is 49.4 Å². The normalized spacial score (nSPS) is 13.4. The summed E-state index contributed by atoms with van der Waals surface area (Å²) >= 11 is 0. The van der Waals surface area contributed by atoms with E-state index in [2.05, 4.69) is 4.98 Å². The first kappa shape index (κ1) is 14.5. The Balaban J connectivity index is 2.05. The van der Waals surface area contributed by atoms with Crippen molar-refractivity contribution in [3.8, 4) is 0 Å². The number of hydrogen-bond acceptors (Lipinski definition) is 3. The summed E-state index contributed by atoms with van der Waals surface area (Å²) in [4.78, 5) is 3.91. The van der Waals surface area contributed by atoms with Crippen LogP contribution in [0.2, 0.25) is 0 Å². The van der Waals surface area contributed by atoms with Crippen LogP contribution in [0.1, 0.15) is 12.5 Å². The zero-order chi connectivity index (χ0) is 14.4. The molecule has 0 radical (unpaired) electrons. The van der Waals surface area contributed by atoms with Crippen LogP contribution < -0.4 is 0 Å². The number of pyridine rings is 1. The highest BCUT2D eigenvalue weighted by molar-refractivity contribution is 7.91. The minimum atomic E-state index is -3.33. The number of sulfone groups is 1. The van der Waals surface area contributed by atoms with Gasteiger partial charge in [0.05, 0.1) is 5.75 Å². The molecular formula is C16H17NO2S. The van der Waals surface area contributed by atoms with Crippen LogP contribution in [0.15, 0.2) is 65.8 Å². The van der Waals surface area contributed by atoms with E-state index in [0.717, 1.165) is 5.56 Å². The summed E-state index contributed by atoms with van der Waals surface area (Å²) in [5.74, 6) is -0.00455. The first-order valence-corrected chi connectivity index (χ1v) is 8.10. The second-order valence-corrected chi connectivity index (χ2v) is 6.68. The number of allylic oxidation sites excluding steroid dienone is 1. The zero-order valence-corrected chi connectivity index (χ0v) is 12.1. The molecule has 2 aromatic rings. The third kappa shape index (κ3) is 4.03. The van der Waals surface area contributed by atoms with Crippen LogP contribution in [-0.4, -0.2) is 19.2 Å². The fourth-order valence-corrected chi connectivity index (χ4v) is 3.34. The Morgan fingerprint density at radius 3 is 2.45 bits per heavy atom. The lowest BCUT2D eigenvalue weighted by atomic mass is 10.1. The Kier molecular flexibility index (Phi) is 4.69. The number of aromatic nitrogens is 1. The van der Waals surface area contributed by atoms with Crippen LogP contribution in [0.4, 0.5) is 0 Å². The lowest BCUT2D eigenvalue weighted by Crippen LogP contribution is -2.13. The molecule has 0 saturated carbocycles. The Bertz CT molecular complexity index is 664. The topological polar surface area (TPSA) is 47.0 Å². The van der Waals surface area contributed by atoms with Gasteiger partial charge >= 0.3 is 0 Å². The third-order valence-electron chi connectivity index (χ3n) is 2.86. The largest absolute Gasteiger partial charge is 0.245 e. The molecule has 104 valence electrons. The van der Waals surface area contributed by atoms with Gasteiger partial charge in [-0.1, -0.05) is 55.5 Å². The van der Waals surface area contributed by atoms with Gasteiger partial charge in [0.1, 0.15) is 0 Å². The van der Waals surface area contributed by atoms with E-state index in [-0.39, 0.29) is 16.7 Å². The summed E-state index contributed by atoms with van der Waals surface area (Å²) in [7, 11) is -3.33. The van der Waals surface area contributed by atoms with Crippen molar-refractivity contribution >= 4 is 15.9 Å². The molecule has 0 saturated heterocycles. The second-order valence-electron chi connectivity index (χ2n) is 4.70. The first-order valence-electron chi connectivity index (χ1n) is 6.45. The van der Waals surface area contributed by atoms with Crippen molar-refractivity contribution in [2.24, 2.45) is 5.92 Å². The highest BCUT2D eigenvalue weighted by atomic mass is 32.2. The van der Waals surface area contributed by atoms with Gasteiger partial charge in [-0.15, -0.1) is 0 Å². The Morgan fingerprint density at radius 1 is 1.10 bits per heavy atom. The van der Waals surface area contributed by atoms with Crippen LogP contribution >= 0.6 is 0 Å². The number of hydrogen-bond donors (Lipinski definition) is 0. The molecule has 4 heteroatoms. The molecular weight excluding hydrogens is 270 g/mol. The number of rotatable bonds is 5. The van der Waals surface area contributed by atoms with Crippen LogP contribution in [0, 0.1) is 5.92 Å². The van der Waals surface area contributed by atoms with E-state index in [9.17, 15) is 8.42 Å². The van der Waals surface area contributed by atoms with E-state index in [4.69, 9.17) is 0 Å². The summed E-state index contributed by atoms with van der Waals surface area (Å²) in [5, 5.41) is 0.139. The van der Waals surface area contributed by atoms with Crippen LogP contribution in [0.25, 0.3) is 6.08 Å². The molecule has 3 nitrogen and oxygen atoms in total. The molecule has 0 bridgehead atoms. The summed E-state index contributed by atoms with van der Waals surface area (Å²) in [6.07, 6.45) is 5.35. The van der Waals surface area contributed by atoms with Gasteiger partial charge < -0.3 is 0 Å². The molecule has 0 spiro atoms. The molecule has 1 atom stereocenters. The average molecular weight is 287 g/mol. The second kappa shape index (κ2) is 6.48. The van der Waals surface area contributed by atoms with E-state index >= 15 is 0 Å². The highest BCUT2D eigenvalue weighted by Crippen LogP contribution is 2.13. The molecule has 0 unspecified atom stereocenters. The standard InChI is InChI=1S/C16H17NO2S/c1-14(10-11-15-7-3-2-4-8-15)13-20(18,19)16-9-5-6-12-17-16/h2-12,14H,13H2,1H3/b11-10+/t14-/m0/s1. The lowest BCUT2D eigenvalue weighted by molar-refractivity contribution is 0.585. The van der Waals surface area contributed by atoms with Crippen LogP contribution in [0.5, 0.6) is 0 Å². The molecule has 0 amide bonds. The van der Waals surface area contributed by atoms with Crippen molar-refractivity contribution in [1.29, 1.82) is 0 Å². The maximum Gasteiger partial charge on any atom is 0.196 e. The van der Waals surface area contributed by atoms with E-state index < -0.39 is 9.84 Å². The smallest absolute Gasteiger partial charge is 0.196 e. The maximum absolute atomic E-state index is 12.2. The Hall–Kier alpha value is -1.94. The fraction of sp³-hybridized carbons (Fsp3) is 0.188. The van der Waals surface area contributed by atoms with Crippen molar-refractivity contribution in [2.45, 2.75) is 11.9 Å². The summed E-state index contributed by atoms with van der Waals surface area (Å²) in [6.45, 7) is 1.89. The average Bonchev–Trinajstić information content (AvgIpc) is 2.47. The molecule has 0 aliphatic heterocycles. The van der Waals surface area contributed by atoms with E-state index in [1.165, 1.54) is 12.3 Å². The van der Waals surface area contributed by atoms with E-state index in [0.29, 0.717) is 0 Å². The minimum absolute atomic E-state index is 0.0628. The van der Waals surface area contributed by atoms with Gasteiger partial charge in [0.2, 0.25) is 0 Å². The Labute approximate surface area is 119 Å². The number of nitrogens with zero attached hydrogens (tertiary/aromatic N) is 1.